The van der Waals surface area contributed by atoms with Crippen LogP contribution >= 0.6 is 0 Å². The van der Waals surface area contributed by atoms with E-state index in [2.05, 4.69) is 0 Å². The number of hydrogen-bond donors (Lipinski definition) is 0. The summed E-state index contributed by atoms with van der Waals surface area (Å²) in [6, 6.07) is 28.6. The third-order valence-electron chi connectivity index (χ3n) is 3.73. The third-order valence-corrected chi connectivity index (χ3v) is 3.73. The number of carbonyl (C=O) groups excluding carboxylic acids is 1. The van der Waals surface area contributed by atoms with E-state index in [-0.39, 0.29) is 6.61 Å². The first-order valence-corrected chi connectivity index (χ1v) is 8.47. The SMILES string of the molecule is O=C(OCc1ccccc1)[C@@H](C=Cc1ccccc1)Oc1ccccc1. The van der Waals surface area contributed by atoms with E-state index in [0.717, 1.165) is 11.1 Å². The van der Waals surface area contributed by atoms with Crippen LogP contribution in [-0.4, -0.2) is 12.1 Å². The van der Waals surface area contributed by atoms with E-state index in [4.69, 9.17) is 9.47 Å². The van der Waals surface area contributed by atoms with Crippen LogP contribution in [0, 0.1) is 0 Å². The second-order valence-corrected chi connectivity index (χ2v) is 5.71. The molecule has 0 aliphatic rings. The Hall–Kier alpha value is -3.33. The number of hydrogen-bond acceptors (Lipinski definition) is 3. The van der Waals surface area contributed by atoms with Crippen LogP contribution in [0.25, 0.3) is 6.08 Å². The predicted molar refractivity (Wildman–Crippen MR) is 103 cm³/mol. The molecule has 3 aromatic rings. The zero-order chi connectivity index (χ0) is 18.0. The summed E-state index contributed by atoms with van der Waals surface area (Å²) in [7, 11) is 0. The Labute approximate surface area is 153 Å². The minimum absolute atomic E-state index is 0.216. The van der Waals surface area contributed by atoms with E-state index in [9.17, 15) is 4.79 Å². The summed E-state index contributed by atoms with van der Waals surface area (Å²) >= 11 is 0. The zero-order valence-electron chi connectivity index (χ0n) is 14.3. The molecule has 3 rings (SSSR count). The van der Waals surface area contributed by atoms with Gasteiger partial charge < -0.3 is 9.47 Å². The highest BCUT2D eigenvalue weighted by Gasteiger charge is 2.19. The summed E-state index contributed by atoms with van der Waals surface area (Å²) < 4.78 is 11.3. The first-order valence-electron chi connectivity index (χ1n) is 8.47. The molecular weight excluding hydrogens is 324 g/mol. The van der Waals surface area contributed by atoms with Crippen molar-refractivity contribution in [1.82, 2.24) is 0 Å². The molecule has 0 N–H and O–H groups in total. The number of rotatable bonds is 7. The van der Waals surface area contributed by atoms with Crippen molar-refractivity contribution < 1.29 is 14.3 Å². The minimum atomic E-state index is -0.818. The van der Waals surface area contributed by atoms with Crippen LogP contribution in [0.1, 0.15) is 11.1 Å². The molecule has 26 heavy (non-hydrogen) atoms. The van der Waals surface area contributed by atoms with Crippen molar-refractivity contribution in [2.24, 2.45) is 0 Å². The van der Waals surface area contributed by atoms with Gasteiger partial charge in [0, 0.05) is 0 Å². The standard InChI is InChI=1S/C23H20O3/c24-23(25-18-20-12-6-2-7-13-20)22(26-21-14-8-3-9-15-21)17-16-19-10-4-1-5-11-19/h1-17,22H,18H2/t22-/m1/s1. The summed E-state index contributed by atoms with van der Waals surface area (Å²) in [4.78, 5) is 12.5. The second kappa shape index (κ2) is 9.23. The van der Waals surface area contributed by atoms with E-state index >= 15 is 0 Å². The van der Waals surface area contributed by atoms with Gasteiger partial charge in [-0.15, -0.1) is 0 Å². The molecule has 0 amide bonds. The van der Waals surface area contributed by atoms with Gasteiger partial charge >= 0.3 is 5.97 Å². The number of para-hydroxylation sites is 1. The molecule has 3 heteroatoms. The largest absolute Gasteiger partial charge is 0.475 e. The first kappa shape index (κ1) is 17.5. The molecule has 3 aromatic carbocycles. The number of ether oxygens (including phenoxy) is 2. The van der Waals surface area contributed by atoms with Crippen LogP contribution in [0.5, 0.6) is 5.75 Å². The van der Waals surface area contributed by atoms with Crippen molar-refractivity contribution in [3.63, 3.8) is 0 Å². The highest BCUT2D eigenvalue weighted by atomic mass is 16.6. The summed E-state index contributed by atoms with van der Waals surface area (Å²) in [5.74, 6) is 0.191. The molecule has 0 aliphatic carbocycles. The van der Waals surface area contributed by atoms with E-state index in [1.807, 2.05) is 97.1 Å². The lowest BCUT2D eigenvalue weighted by Crippen LogP contribution is -2.27. The molecule has 0 aromatic heterocycles. The Kier molecular flexibility index (Phi) is 6.21. The highest BCUT2D eigenvalue weighted by molar-refractivity contribution is 5.78. The van der Waals surface area contributed by atoms with E-state index in [0.29, 0.717) is 5.75 Å². The van der Waals surface area contributed by atoms with Gasteiger partial charge in [0.1, 0.15) is 12.4 Å². The second-order valence-electron chi connectivity index (χ2n) is 5.71. The quantitative estimate of drug-likeness (QED) is 0.572. The maximum absolute atomic E-state index is 12.5. The Morgan fingerprint density at radius 1 is 0.808 bits per heavy atom. The summed E-state index contributed by atoms with van der Waals surface area (Å²) in [5.41, 5.74) is 1.93. The van der Waals surface area contributed by atoms with Gasteiger partial charge in [-0.3, -0.25) is 0 Å². The normalized spacial score (nSPS) is 11.8. The molecule has 130 valence electrons. The Morgan fingerprint density at radius 2 is 1.38 bits per heavy atom. The number of esters is 1. The lowest BCUT2D eigenvalue weighted by atomic mass is 10.2. The summed E-state index contributed by atoms with van der Waals surface area (Å²) in [5, 5.41) is 0. The van der Waals surface area contributed by atoms with Crippen molar-refractivity contribution in [1.29, 1.82) is 0 Å². The van der Waals surface area contributed by atoms with Gasteiger partial charge in [-0.05, 0) is 29.3 Å². The molecule has 0 fully saturated rings. The monoisotopic (exact) mass is 344 g/mol. The van der Waals surface area contributed by atoms with Crippen molar-refractivity contribution in [3.8, 4) is 5.75 Å². The topological polar surface area (TPSA) is 35.5 Å². The molecule has 0 unspecified atom stereocenters. The van der Waals surface area contributed by atoms with Gasteiger partial charge in [-0.25, -0.2) is 4.79 Å². The Balaban J connectivity index is 1.71. The molecule has 0 bridgehead atoms. The lowest BCUT2D eigenvalue weighted by Gasteiger charge is -2.15. The van der Waals surface area contributed by atoms with Gasteiger partial charge in [-0.2, -0.15) is 0 Å². The molecule has 0 saturated carbocycles. The molecular formula is C23H20O3. The molecule has 3 nitrogen and oxygen atoms in total. The maximum atomic E-state index is 12.5. The van der Waals surface area contributed by atoms with E-state index < -0.39 is 12.1 Å². The third kappa shape index (κ3) is 5.35. The Morgan fingerprint density at radius 3 is 2.04 bits per heavy atom. The Bertz CT molecular complexity index is 827. The molecule has 0 aliphatic heterocycles. The van der Waals surface area contributed by atoms with Crippen LogP contribution in [-0.2, 0) is 16.1 Å². The smallest absolute Gasteiger partial charge is 0.351 e. The van der Waals surface area contributed by atoms with Gasteiger partial charge in [0.05, 0.1) is 0 Å². The number of carbonyl (C=O) groups is 1. The van der Waals surface area contributed by atoms with Crippen molar-refractivity contribution >= 4 is 12.0 Å². The zero-order valence-corrected chi connectivity index (χ0v) is 14.3. The van der Waals surface area contributed by atoms with Gasteiger partial charge in [0.25, 0.3) is 0 Å². The van der Waals surface area contributed by atoms with E-state index in [1.165, 1.54) is 0 Å². The fraction of sp³-hybridized carbons (Fsp3) is 0.0870. The average Bonchev–Trinajstić information content (AvgIpc) is 2.71. The number of benzene rings is 3. The molecule has 0 saturated heterocycles. The van der Waals surface area contributed by atoms with Crippen LogP contribution < -0.4 is 4.74 Å². The van der Waals surface area contributed by atoms with Gasteiger partial charge in [-0.1, -0.05) is 84.9 Å². The van der Waals surface area contributed by atoms with Crippen LogP contribution in [0.2, 0.25) is 0 Å². The lowest BCUT2D eigenvalue weighted by molar-refractivity contribution is -0.151. The molecule has 0 spiro atoms. The molecule has 1 atom stereocenters. The average molecular weight is 344 g/mol. The summed E-state index contributed by atoms with van der Waals surface area (Å²) in [6.45, 7) is 0.216. The van der Waals surface area contributed by atoms with Crippen molar-refractivity contribution in [2.75, 3.05) is 0 Å². The van der Waals surface area contributed by atoms with Crippen molar-refractivity contribution in [2.45, 2.75) is 12.7 Å². The first-order chi connectivity index (χ1) is 12.8. The summed E-state index contributed by atoms with van der Waals surface area (Å²) in [6.07, 6.45) is 2.76. The van der Waals surface area contributed by atoms with E-state index in [1.54, 1.807) is 6.08 Å². The molecule has 0 heterocycles. The van der Waals surface area contributed by atoms with Crippen LogP contribution in [0.3, 0.4) is 0 Å². The van der Waals surface area contributed by atoms with Gasteiger partial charge in [0.15, 0.2) is 0 Å². The fourth-order valence-electron chi connectivity index (χ4n) is 2.39. The fourth-order valence-corrected chi connectivity index (χ4v) is 2.39. The van der Waals surface area contributed by atoms with Crippen LogP contribution in [0.4, 0.5) is 0 Å². The predicted octanol–water partition coefficient (Wildman–Crippen LogP) is 4.89. The molecule has 0 radical (unpaired) electrons. The van der Waals surface area contributed by atoms with Crippen LogP contribution in [0.15, 0.2) is 97.1 Å². The van der Waals surface area contributed by atoms with Crippen molar-refractivity contribution in [3.05, 3.63) is 108 Å². The van der Waals surface area contributed by atoms with Gasteiger partial charge in [0.2, 0.25) is 6.10 Å². The minimum Gasteiger partial charge on any atom is -0.475 e. The maximum Gasteiger partial charge on any atom is 0.351 e. The highest BCUT2D eigenvalue weighted by Crippen LogP contribution is 2.14.